The van der Waals surface area contributed by atoms with E-state index in [2.05, 4.69) is 9.97 Å². The third-order valence-electron chi connectivity index (χ3n) is 4.48. The number of nitrogens with zero attached hydrogens (tertiary/aromatic N) is 3. The van der Waals surface area contributed by atoms with Crippen molar-refractivity contribution in [1.82, 2.24) is 9.97 Å². The monoisotopic (exact) mass is 417 g/mol. The van der Waals surface area contributed by atoms with Gasteiger partial charge in [0.05, 0.1) is 11.8 Å². The van der Waals surface area contributed by atoms with Crippen LogP contribution in [0, 0.1) is 23.0 Å². The molecule has 0 saturated carbocycles. The molecule has 0 N–H and O–H groups in total. The lowest BCUT2D eigenvalue weighted by Gasteiger charge is -2.07. The molecule has 0 saturated heterocycles. The molecule has 0 spiro atoms. The van der Waals surface area contributed by atoms with Crippen LogP contribution in [0.4, 0.5) is 8.78 Å². The summed E-state index contributed by atoms with van der Waals surface area (Å²) in [6, 6.07) is 17.9. The van der Waals surface area contributed by atoms with Gasteiger partial charge in [-0.3, -0.25) is 9.78 Å². The molecule has 0 aliphatic rings. The Balaban J connectivity index is 1.66. The molecule has 0 fully saturated rings. The van der Waals surface area contributed by atoms with Gasteiger partial charge in [-0.2, -0.15) is 5.26 Å². The predicted molar refractivity (Wildman–Crippen MR) is 110 cm³/mol. The minimum atomic E-state index is -1.20. The van der Waals surface area contributed by atoms with Crippen LogP contribution in [0.25, 0.3) is 22.4 Å². The number of rotatable bonds is 5. The Labute approximate surface area is 175 Å². The van der Waals surface area contributed by atoms with Crippen LogP contribution < -0.4 is 0 Å². The molecule has 0 bridgehead atoms. The van der Waals surface area contributed by atoms with Crippen LogP contribution >= 0.6 is 11.3 Å². The van der Waals surface area contributed by atoms with Crippen molar-refractivity contribution in [3.63, 3.8) is 0 Å². The van der Waals surface area contributed by atoms with Gasteiger partial charge in [0.1, 0.15) is 22.3 Å². The summed E-state index contributed by atoms with van der Waals surface area (Å²) >= 11 is 1.04. The standard InChI is InChI=1S/C23H13F2N3OS/c24-16-6-7-19(25)17(11-16)21-13-30-23(28-21)18(12-26)22(29)20-10-15(8-9-27-20)14-4-2-1-3-5-14/h1-11,13,18H. The number of carbonyl (C=O) groups is 1. The zero-order valence-electron chi connectivity index (χ0n) is 15.4. The number of halogens is 2. The van der Waals surface area contributed by atoms with Gasteiger partial charge in [0, 0.05) is 17.1 Å². The van der Waals surface area contributed by atoms with Crippen molar-refractivity contribution >= 4 is 17.1 Å². The normalized spacial score (nSPS) is 11.6. The molecule has 1 unspecified atom stereocenters. The Morgan fingerprint density at radius 3 is 2.60 bits per heavy atom. The number of hydrogen-bond donors (Lipinski definition) is 0. The lowest BCUT2D eigenvalue weighted by Crippen LogP contribution is -2.13. The summed E-state index contributed by atoms with van der Waals surface area (Å²) in [6.07, 6.45) is 1.51. The van der Waals surface area contributed by atoms with E-state index in [1.807, 2.05) is 36.4 Å². The predicted octanol–water partition coefficient (Wildman–Crippen LogP) is 5.64. The fourth-order valence-electron chi connectivity index (χ4n) is 2.99. The van der Waals surface area contributed by atoms with Crippen LogP contribution in [-0.4, -0.2) is 15.8 Å². The highest BCUT2D eigenvalue weighted by Crippen LogP contribution is 2.30. The van der Waals surface area contributed by atoms with Gasteiger partial charge in [-0.25, -0.2) is 13.8 Å². The van der Waals surface area contributed by atoms with Crippen molar-refractivity contribution in [2.24, 2.45) is 0 Å². The number of hydrogen-bond acceptors (Lipinski definition) is 5. The summed E-state index contributed by atoms with van der Waals surface area (Å²) in [5, 5.41) is 11.3. The molecule has 2 aromatic carbocycles. The van der Waals surface area contributed by atoms with Crippen LogP contribution in [0.15, 0.2) is 72.2 Å². The summed E-state index contributed by atoms with van der Waals surface area (Å²) in [6.45, 7) is 0. The van der Waals surface area contributed by atoms with Crippen LogP contribution in [0.5, 0.6) is 0 Å². The van der Waals surface area contributed by atoms with Gasteiger partial charge in [0.25, 0.3) is 0 Å². The molecule has 1 atom stereocenters. The average molecular weight is 417 g/mol. The maximum absolute atomic E-state index is 14.0. The maximum Gasteiger partial charge on any atom is 0.205 e. The number of benzene rings is 2. The van der Waals surface area contributed by atoms with Crippen LogP contribution in [0.2, 0.25) is 0 Å². The quantitative estimate of drug-likeness (QED) is 0.394. The van der Waals surface area contributed by atoms with Crippen molar-refractivity contribution in [2.75, 3.05) is 0 Å². The van der Waals surface area contributed by atoms with Crippen molar-refractivity contribution < 1.29 is 13.6 Å². The van der Waals surface area contributed by atoms with E-state index in [1.54, 1.807) is 12.1 Å². The van der Waals surface area contributed by atoms with Crippen molar-refractivity contribution in [3.8, 4) is 28.5 Å². The van der Waals surface area contributed by atoms with E-state index < -0.39 is 23.3 Å². The van der Waals surface area contributed by atoms with Gasteiger partial charge >= 0.3 is 0 Å². The third kappa shape index (κ3) is 3.86. The minimum absolute atomic E-state index is 0.0224. The fourth-order valence-corrected chi connectivity index (χ4v) is 3.85. The average Bonchev–Trinajstić information content (AvgIpc) is 3.26. The summed E-state index contributed by atoms with van der Waals surface area (Å²) in [5.41, 5.74) is 2.00. The lowest BCUT2D eigenvalue weighted by atomic mass is 10.00. The summed E-state index contributed by atoms with van der Waals surface area (Å²) in [7, 11) is 0. The van der Waals surface area contributed by atoms with Crippen LogP contribution in [0.1, 0.15) is 21.4 Å². The molecule has 146 valence electrons. The Morgan fingerprint density at radius 2 is 1.83 bits per heavy atom. The van der Waals surface area contributed by atoms with E-state index in [-0.39, 0.29) is 22.0 Å². The molecule has 0 amide bonds. The first kappa shape index (κ1) is 19.6. The highest BCUT2D eigenvalue weighted by molar-refractivity contribution is 7.10. The van der Waals surface area contributed by atoms with Crippen molar-refractivity contribution in [2.45, 2.75) is 5.92 Å². The molecule has 2 aromatic heterocycles. The number of aromatic nitrogens is 2. The van der Waals surface area contributed by atoms with E-state index in [1.165, 1.54) is 11.6 Å². The summed E-state index contributed by atoms with van der Waals surface area (Å²) < 4.78 is 27.5. The van der Waals surface area contributed by atoms with E-state index >= 15 is 0 Å². The largest absolute Gasteiger partial charge is 0.290 e. The van der Waals surface area contributed by atoms with Crippen molar-refractivity contribution in [3.05, 3.63) is 94.6 Å². The number of Topliss-reactive ketones (excluding diaryl/α,β-unsaturated/α-hetero) is 1. The molecule has 2 heterocycles. The zero-order valence-corrected chi connectivity index (χ0v) is 16.2. The Kier molecular flexibility index (Phi) is 5.42. The molecule has 7 heteroatoms. The maximum atomic E-state index is 14.0. The number of ketones is 1. The zero-order chi connectivity index (χ0) is 21.1. The minimum Gasteiger partial charge on any atom is -0.290 e. The number of thiazole rings is 1. The lowest BCUT2D eigenvalue weighted by molar-refractivity contribution is 0.0974. The molecule has 0 aliphatic carbocycles. The SMILES string of the molecule is N#CC(C(=O)c1cc(-c2ccccc2)ccn1)c1nc(-c2cc(F)ccc2F)cs1. The van der Waals surface area contributed by atoms with Gasteiger partial charge in [-0.1, -0.05) is 30.3 Å². The second kappa shape index (κ2) is 8.31. The number of nitriles is 1. The van der Waals surface area contributed by atoms with Gasteiger partial charge < -0.3 is 0 Å². The molecule has 0 radical (unpaired) electrons. The van der Waals surface area contributed by atoms with Crippen LogP contribution in [-0.2, 0) is 0 Å². The summed E-state index contributed by atoms with van der Waals surface area (Å²) in [5.74, 6) is -2.93. The van der Waals surface area contributed by atoms with Gasteiger partial charge in [-0.05, 0) is 41.5 Å². The van der Waals surface area contributed by atoms with Crippen LogP contribution in [0.3, 0.4) is 0 Å². The topological polar surface area (TPSA) is 66.6 Å². The third-order valence-corrected chi connectivity index (χ3v) is 5.39. The molecular weight excluding hydrogens is 404 g/mol. The molecule has 4 nitrogen and oxygen atoms in total. The Bertz CT molecular complexity index is 1260. The molecule has 0 aliphatic heterocycles. The van der Waals surface area contributed by atoms with Crippen molar-refractivity contribution in [1.29, 1.82) is 5.26 Å². The molecule has 4 rings (SSSR count). The number of carbonyl (C=O) groups excluding carboxylic acids is 1. The Hall–Kier alpha value is -3.76. The van der Waals surface area contributed by atoms with E-state index in [9.17, 15) is 18.8 Å². The first-order valence-corrected chi connectivity index (χ1v) is 9.81. The first-order chi connectivity index (χ1) is 14.6. The molecule has 30 heavy (non-hydrogen) atoms. The second-order valence-corrected chi connectivity index (χ2v) is 7.31. The first-order valence-electron chi connectivity index (χ1n) is 8.93. The Morgan fingerprint density at radius 1 is 1.03 bits per heavy atom. The summed E-state index contributed by atoms with van der Waals surface area (Å²) in [4.78, 5) is 21.3. The smallest absolute Gasteiger partial charge is 0.205 e. The second-order valence-electron chi connectivity index (χ2n) is 6.42. The fraction of sp³-hybridized carbons (Fsp3) is 0.0435. The van der Waals surface area contributed by atoms with Gasteiger partial charge in [0.2, 0.25) is 5.78 Å². The van der Waals surface area contributed by atoms with Gasteiger partial charge in [0.15, 0.2) is 5.92 Å². The van der Waals surface area contributed by atoms with E-state index in [0.29, 0.717) is 0 Å². The molecule has 4 aromatic rings. The van der Waals surface area contributed by atoms with E-state index in [4.69, 9.17) is 0 Å². The highest BCUT2D eigenvalue weighted by Gasteiger charge is 2.27. The van der Waals surface area contributed by atoms with Gasteiger partial charge in [-0.15, -0.1) is 11.3 Å². The number of pyridine rings is 1. The van der Waals surface area contributed by atoms with E-state index in [0.717, 1.165) is 40.7 Å². The molecular formula is C23H13F2N3OS. The highest BCUT2D eigenvalue weighted by atomic mass is 32.1.